The van der Waals surface area contributed by atoms with Crippen molar-refractivity contribution in [1.29, 1.82) is 0 Å². The summed E-state index contributed by atoms with van der Waals surface area (Å²) in [4.78, 5) is 17.5. The molecule has 1 amide bonds. The highest BCUT2D eigenvalue weighted by atomic mass is 16.3. The number of carbonyl (C=O) groups excluding carboxylic acids is 1. The van der Waals surface area contributed by atoms with Gasteiger partial charge in [-0.2, -0.15) is 0 Å². The van der Waals surface area contributed by atoms with Crippen molar-refractivity contribution in [3.63, 3.8) is 0 Å². The molecule has 0 aromatic carbocycles. The Labute approximate surface area is 95.1 Å². The second-order valence-electron chi connectivity index (χ2n) is 3.63. The molecule has 88 valence electrons. The van der Waals surface area contributed by atoms with Crippen LogP contribution in [0.1, 0.15) is 17.3 Å². The lowest BCUT2D eigenvalue weighted by atomic mass is 10.2. The third-order valence-corrected chi connectivity index (χ3v) is 2.51. The molecule has 2 N–H and O–H groups in total. The van der Waals surface area contributed by atoms with Crippen LogP contribution in [0.5, 0.6) is 0 Å². The van der Waals surface area contributed by atoms with Crippen molar-refractivity contribution < 1.29 is 9.90 Å². The Bertz CT molecular complexity index is 368. The number of aromatic nitrogens is 1. The summed E-state index contributed by atoms with van der Waals surface area (Å²) < 4.78 is 0. The standard InChI is InChI=1S/C11H17N3O2/c1-8(7-15)14(3)11(16)9-4-5-13-10(6-9)12-2/h4-6,8,15H,7H2,1-3H3,(H,12,13). The summed E-state index contributed by atoms with van der Waals surface area (Å²) in [7, 11) is 3.42. The average Bonchev–Trinajstić information content (AvgIpc) is 2.36. The number of nitrogens with zero attached hydrogens (tertiary/aromatic N) is 2. The van der Waals surface area contributed by atoms with Gasteiger partial charge < -0.3 is 15.3 Å². The summed E-state index contributed by atoms with van der Waals surface area (Å²) >= 11 is 0. The zero-order valence-corrected chi connectivity index (χ0v) is 9.77. The fraction of sp³-hybridized carbons (Fsp3) is 0.455. The molecule has 5 heteroatoms. The minimum Gasteiger partial charge on any atom is -0.394 e. The topological polar surface area (TPSA) is 65.5 Å². The quantitative estimate of drug-likeness (QED) is 0.783. The van der Waals surface area contributed by atoms with Crippen molar-refractivity contribution in [2.45, 2.75) is 13.0 Å². The summed E-state index contributed by atoms with van der Waals surface area (Å²) in [6.45, 7) is 1.74. The Balaban J connectivity index is 2.87. The predicted octanol–water partition coefficient (Wildman–Crippen LogP) is 0.576. The first kappa shape index (κ1) is 12.4. The monoisotopic (exact) mass is 223 g/mol. The van der Waals surface area contributed by atoms with Gasteiger partial charge in [0.05, 0.1) is 12.6 Å². The number of amides is 1. The van der Waals surface area contributed by atoms with Crippen LogP contribution in [0.3, 0.4) is 0 Å². The highest BCUT2D eigenvalue weighted by Crippen LogP contribution is 2.09. The van der Waals surface area contributed by atoms with Crippen molar-refractivity contribution in [2.24, 2.45) is 0 Å². The number of hydrogen-bond acceptors (Lipinski definition) is 4. The van der Waals surface area contributed by atoms with Crippen LogP contribution in [0.2, 0.25) is 0 Å². The number of anilines is 1. The van der Waals surface area contributed by atoms with E-state index in [0.29, 0.717) is 11.4 Å². The Morgan fingerprint density at radius 2 is 2.38 bits per heavy atom. The summed E-state index contributed by atoms with van der Waals surface area (Å²) in [5.74, 6) is 0.524. The number of carbonyl (C=O) groups is 1. The molecule has 0 saturated carbocycles. The zero-order chi connectivity index (χ0) is 12.1. The van der Waals surface area contributed by atoms with E-state index in [-0.39, 0.29) is 18.6 Å². The molecule has 16 heavy (non-hydrogen) atoms. The Morgan fingerprint density at radius 3 is 2.94 bits per heavy atom. The highest BCUT2D eigenvalue weighted by molar-refractivity contribution is 5.94. The first-order chi connectivity index (χ1) is 7.60. The minimum atomic E-state index is -0.196. The fourth-order valence-corrected chi connectivity index (χ4v) is 1.23. The largest absolute Gasteiger partial charge is 0.394 e. The van der Waals surface area contributed by atoms with E-state index in [0.717, 1.165) is 0 Å². The molecule has 0 aliphatic heterocycles. The molecule has 0 aliphatic carbocycles. The molecule has 1 atom stereocenters. The molecule has 1 heterocycles. The molecule has 0 fully saturated rings. The lowest BCUT2D eigenvalue weighted by Gasteiger charge is -2.23. The molecule has 0 radical (unpaired) electrons. The van der Waals surface area contributed by atoms with Gasteiger partial charge in [0.1, 0.15) is 5.82 Å². The Kier molecular flexibility index (Phi) is 4.25. The first-order valence-corrected chi connectivity index (χ1v) is 5.12. The van der Waals surface area contributed by atoms with E-state index in [2.05, 4.69) is 10.3 Å². The minimum absolute atomic E-state index is 0.0494. The van der Waals surface area contributed by atoms with Gasteiger partial charge >= 0.3 is 0 Å². The SMILES string of the molecule is CNc1cc(C(=O)N(C)C(C)CO)ccn1. The van der Waals surface area contributed by atoms with E-state index in [1.807, 2.05) is 0 Å². The third-order valence-electron chi connectivity index (χ3n) is 2.51. The average molecular weight is 223 g/mol. The molecule has 1 aromatic rings. The Morgan fingerprint density at radius 1 is 1.69 bits per heavy atom. The van der Waals surface area contributed by atoms with E-state index in [1.54, 1.807) is 39.3 Å². The molecule has 1 unspecified atom stereocenters. The smallest absolute Gasteiger partial charge is 0.254 e. The Hall–Kier alpha value is -1.62. The van der Waals surface area contributed by atoms with Crippen LogP contribution in [0.15, 0.2) is 18.3 Å². The maximum Gasteiger partial charge on any atom is 0.254 e. The van der Waals surface area contributed by atoms with Gasteiger partial charge in [0.2, 0.25) is 0 Å². The van der Waals surface area contributed by atoms with Gasteiger partial charge in [0.15, 0.2) is 0 Å². The van der Waals surface area contributed by atoms with Crippen LogP contribution >= 0.6 is 0 Å². The van der Waals surface area contributed by atoms with Crippen molar-refractivity contribution in [3.05, 3.63) is 23.9 Å². The van der Waals surface area contributed by atoms with Crippen molar-refractivity contribution in [2.75, 3.05) is 26.0 Å². The summed E-state index contributed by atoms with van der Waals surface area (Å²) in [5, 5.41) is 11.9. The van der Waals surface area contributed by atoms with Crippen molar-refractivity contribution in [3.8, 4) is 0 Å². The van der Waals surface area contributed by atoms with Crippen LogP contribution < -0.4 is 5.32 Å². The summed E-state index contributed by atoms with van der Waals surface area (Å²) in [6.07, 6.45) is 1.58. The number of nitrogens with one attached hydrogen (secondary N) is 1. The van der Waals surface area contributed by atoms with Gasteiger partial charge in [-0.15, -0.1) is 0 Å². The van der Waals surface area contributed by atoms with Crippen molar-refractivity contribution in [1.82, 2.24) is 9.88 Å². The number of aliphatic hydroxyl groups excluding tert-OH is 1. The maximum atomic E-state index is 12.0. The zero-order valence-electron chi connectivity index (χ0n) is 9.77. The van der Waals surface area contributed by atoms with Crippen LogP contribution in [0.25, 0.3) is 0 Å². The van der Waals surface area contributed by atoms with Gasteiger partial charge in [-0.25, -0.2) is 4.98 Å². The van der Waals surface area contributed by atoms with Crippen molar-refractivity contribution >= 4 is 11.7 Å². The normalized spacial score (nSPS) is 12.0. The molecule has 0 bridgehead atoms. The van der Waals surface area contributed by atoms with E-state index in [1.165, 1.54) is 4.90 Å². The molecule has 1 aromatic heterocycles. The van der Waals surface area contributed by atoms with Gasteiger partial charge in [0, 0.05) is 25.9 Å². The van der Waals surface area contributed by atoms with Gasteiger partial charge in [-0.3, -0.25) is 4.79 Å². The van der Waals surface area contributed by atoms with Gasteiger partial charge in [-0.1, -0.05) is 0 Å². The molecule has 5 nitrogen and oxygen atoms in total. The van der Waals surface area contributed by atoms with Crippen LogP contribution in [-0.4, -0.2) is 47.6 Å². The number of hydrogen-bond donors (Lipinski definition) is 2. The molecule has 0 saturated heterocycles. The molecular formula is C11H17N3O2. The molecular weight excluding hydrogens is 206 g/mol. The van der Waals surface area contributed by atoms with E-state index >= 15 is 0 Å². The lowest BCUT2D eigenvalue weighted by Crippen LogP contribution is -2.37. The highest BCUT2D eigenvalue weighted by Gasteiger charge is 2.16. The lowest BCUT2D eigenvalue weighted by molar-refractivity contribution is 0.0682. The number of likely N-dealkylation sites (N-methyl/N-ethyl adjacent to an activating group) is 1. The molecule has 0 aliphatic rings. The van der Waals surface area contributed by atoms with Crippen LogP contribution in [0, 0.1) is 0 Å². The summed E-state index contributed by atoms with van der Waals surface area (Å²) in [6, 6.07) is 3.14. The third kappa shape index (κ3) is 2.70. The van der Waals surface area contributed by atoms with E-state index < -0.39 is 0 Å². The molecule has 1 rings (SSSR count). The summed E-state index contributed by atoms with van der Waals surface area (Å²) in [5.41, 5.74) is 0.558. The first-order valence-electron chi connectivity index (χ1n) is 5.12. The van der Waals surface area contributed by atoms with E-state index in [9.17, 15) is 4.79 Å². The van der Waals surface area contributed by atoms with Crippen LogP contribution in [0.4, 0.5) is 5.82 Å². The second-order valence-corrected chi connectivity index (χ2v) is 3.63. The number of pyridine rings is 1. The van der Waals surface area contributed by atoms with Gasteiger partial charge in [0.25, 0.3) is 5.91 Å². The molecule has 0 spiro atoms. The van der Waals surface area contributed by atoms with E-state index in [4.69, 9.17) is 5.11 Å². The number of aliphatic hydroxyl groups is 1. The predicted molar refractivity (Wildman–Crippen MR) is 62.4 cm³/mol. The number of rotatable bonds is 4. The van der Waals surface area contributed by atoms with Crippen LogP contribution in [-0.2, 0) is 0 Å². The second kappa shape index (κ2) is 5.46. The fourth-order valence-electron chi connectivity index (χ4n) is 1.23. The maximum absolute atomic E-state index is 12.0. The van der Waals surface area contributed by atoms with Gasteiger partial charge in [-0.05, 0) is 19.1 Å².